The topological polar surface area (TPSA) is 73.2 Å². The smallest absolute Gasteiger partial charge is 0.274 e. The Kier molecular flexibility index (Phi) is 4.79. The Balaban J connectivity index is 1.79. The zero-order valence-electron chi connectivity index (χ0n) is 14.2. The number of carbonyl (C=O) groups excluding carboxylic acids is 1. The van der Waals surface area contributed by atoms with Crippen LogP contribution in [-0.2, 0) is 24.8 Å². The van der Waals surface area contributed by atoms with Crippen LogP contribution in [0.25, 0.3) is 10.8 Å². The van der Waals surface area contributed by atoms with Crippen molar-refractivity contribution in [3.05, 3.63) is 70.1 Å². The largest absolute Gasteiger partial charge is 0.496 e. The molecule has 6 nitrogen and oxygen atoms in total. The lowest BCUT2D eigenvalue weighted by atomic mass is 10.1. The Morgan fingerprint density at radius 3 is 2.56 bits per heavy atom. The van der Waals surface area contributed by atoms with Gasteiger partial charge in [0, 0.05) is 24.5 Å². The first-order chi connectivity index (χ1) is 12.1. The van der Waals surface area contributed by atoms with Gasteiger partial charge in [0.2, 0.25) is 5.91 Å². The third-order valence-corrected chi connectivity index (χ3v) is 4.03. The quantitative estimate of drug-likeness (QED) is 0.770. The maximum Gasteiger partial charge on any atom is 0.274 e. The van der Waals surface area contributed by atoms with Crippen LogP contribution in [0.1, 0.15) is 11.3 Å². The molecule has 3 rings (SSSR count). The SMILES string of the molecule is COc1ccccc1CNC(=O)Cc1nn(C)c(=O)c2ccccc12. The normalized spacial score (nSPS) is 10.6. The van der Waals surface area contributed by atoms with Gasteiger partial charge in [-0.3, -0.25) is 9.59 Å². The van der Waals surface area contributed by atoms with E-state index in [9.17, 15) is 9.59 Å². The van der Waals surface area contributed by atoms with Gasteiger partial charge in [-0.05, 0) is 12.1 Å². The number of fused-ring (bicyclic) bond motifs is 1. The molecule has 0 atom stereocenters. The molecule has 25 heavy (non-hydrogen) atoms. The summed E-state index contributed by atoms with van der Waals surface area (Å²) in [6.07, 6.45) is 0.101. The van der Waals surface area contributed by atoms with E-state index in [1.807, 2.05) is 36.4 Å². The minimum atomic E-state index is -0.172. The summed E-state index contributed by atoms with van der Waals surface area (Å²) in [7, 11) is 3.19. The second-order valence-electron chi connectivity index (χ2n) is 5.69. The fraction of sp³-hybridized carbons (Fsp3) is 0.211. The van der Waals surface area contributed by atoms with Gasteiger partial charge < -0.3 is 10.1 Å². The summed E-state index contributed by atoms with van der Waals surface area (Å²) in [4.78, 5) is 24.5. The maximum atomic E-state index is 12.3. The van der Waals surface area contributed by atoms with E-state index in [0.29, 0.717) is 23.0 Å². The average molecular weight is 337 g/mol. The number of hydrogen-bond acceptors (Lipinski definition) is 4. The lowest BCUT2D eigenvalue weighted by Crippen LogP contribution is -2.27. The predicted octanol–water partition coefficient (Wildman–Crippen LogP) is 1.80. The van der Waals surface area contributed by atoms with Gasteiger partial charge >= 0.3 is 0 Å². The second kappa shape index (κ2) is 7.17. The summed E-state index contributed by atoms with van der Waals surface area (Å²) in [5.41, 5.74) is 1.31. The van der Waals surface area contributed by atoms with E-state index in [0.717, 1.165) is 11.3 Å². The standard InChI is InChI=1S/C19H19N3O3/c1-22-19(24)15-9-5-4-8-14(15)16(21-22)11-18(23)20-12-13-7-3-6-10-17(13)25-2/h3-10H,11-12H2,1-2H3,(H,20,23). The fourth-order valence-electron chi connectivity index (χ4n) is 2.76. The van der Waals surface area contributed by atoms with Crippen molar-refractivity contribution >= 4 is 16.7 Å². The van der Waals surface area contributed by atoms with Crippen LogP contribution < -0.4 is 15.6 Å². The highest BCUT2D eigenvalue weighted by molar-refractivity contribution is 5.88. The molecule has 0 aliphatic carbocycles. The van der Waals surface area contributed by atoms with Gasteiger partial charge in [-0.1, -0.05) is 36.4 Å². The van der Waals surface area contributed by atoms with Crippen LogP contribution in [0, 0.1) is 0 Å². The summed E-state index contributed by atoms with van der Waals surface area (Å²) in [5, 5.41) is 8.39. The number of carbonyl (C=O) groups is 1. The van der Waals surface area contributed by atoms with Crippen molar-refractivity contribution in [3.63, 3.8) is 0 Å². The third kappa shape index (κ3) is 3.52. The number of methoxy groups -OCH3 is 1. The van der Waals surface area contributed by atoms with Gasteiger partial charge in [0.1, 0.15) is 5.75 Å². The van der Waals surface area contributed by atoms with Crippen LogP contribution in [0.3, 0.4) is 0 Å². The highest BCUT2D eigenvalue weighted by Gasteiger charge is 2.12. The van der Waals surface area contributed by atoms with Crippen molar-refractivity contribution in [1.29, 1.82) is 0 Å². The van der Waals surface area contributed by atoms with Crippen molar-refractivity contribution < 1.29 is 9.53 Å². The molecular weight excluding hydrogens is 318 g/mol. The molecule has 128 valence electrons. The molecule has 0 radical (unpaired) electrons. The predicted molar refractivity (Wildman–Crippen MR) is 95.5 cm³/mol. The molecule has 0 unspecified atom stereocenters. The van der Waals surface area contributed by atoms with E-state index in [-0.39, 0.29) is 17.9 Å². The van der Waals surface area contributed by atoms with Crippen molar-refractivity contribution in [1.82, 2.24) is 15.1 Å². The van der Waals surface area contributed by atoms with Crippen LogP contribution in [0.4, 0.5) is 0 Å². The third-order valence-electron chi connectivity index (χ3n) is 4.03. The van der Waals surface area contributed by atoms with Crippen LogP contribution in [-0.4, -0.2) is 22.8 Å². The zero-order valence-corrected chi connectivity index (χ0v) is 14.2. The Morgan fingerprint density at radius 1 is 1.12 bits per heavy atom. The molecule has 0 saturated carbocycles. The van der Waals surface area contributed by atoms with Gasteiger partial charge in [0.25, 0.3) is 5.56 Å². The number of nitrogens with one attached hydrogen (secondary N) is 1. The van der Waals surface area contributed by atoms with E-state index in [4.69, 9.17) is 4.74 Å². The molecule has 0 saturated heterocycles. The van der Waals surface area contributed by atoms with Crippen molar-refractivity contribution in [2.75, 3.05) is 7.11 Å². The molecule has 6 heteroatoms. The fourth-order valence-corrected chi connectivity index (χ4v) is 2.76. The first-order valence-electron chi connectivity index (χ1n) is 7.93. The van der Waals surface area contributed by atoms with Gasteiger partial charge in [0.15, 0.2) is 0 Å². The van der Waals surface area contributed by atoms with Crippen LogP contribution in [0.2, 0.25) is 0 Å². The number of para-hydroxylation sites is 1. The van der Waals surface area contributed by atoms with Crippen LogP contribution >= 0.6 is 0 Å². The molecule has 1 heterocycles. The molecule has 1 amide bonds. The summed E-state index contributed by atoms with van der Waals surface area (Å²) < 4.78 is 6.55. The lowest BCUT2D eigenvalue weighted by Gasteiger charge is -2.11. The molecule has 0 aliphatic heterocycles. The van der Waals surface area contributed by atoms with Gasteiger partial charge in [0.05, 0.1) is 24.6 Å². The Bertz CT molecular complexity index is 979. The molecule has 0 aliphatic rings. The maximum absolute atomic E-state index is 12.3. The highest BCUT2D eigenvalue weighted by Crippen LogP contribution is 2.17. The Morgan fingerprint density at radius 2 is 1.80 bits per heavy atom. The number of nitrogens with zero attached hydrogens (tertiary/aromatic N) is 2. The first-order valence-corrected chi connectivity index (χ1v) is 7.93. The molecule has 0 bridgehead atoms. The lowest BCUT2D eigenvalue weighted by molar-refractivity contribution is -0.120. The van der Waals surface area contributed by atoms with E-state index < -0.39 is 0 Å². The minimum absolute atomic E-state index is 0.101. The number of benzene rings is 2. The summed E-state index contributed by atoms with van der Waals surface area (Å²) >= 11 is 0. The molecule has 3 aromatic rings. The summed E-state index contributed by atoms with van der Waals surface area (Å²) in [6.45, 7) is 0.368. The molecule has 0 fully saturated rings. The van der Waals surface area contributed by atoms with Crippen molar-refractivity contribution in [3.8, 4) is 5.75 Å². The van der Waals surface area contributed by atoms with Crippen molar-refractivity contribution in [2.24, 2.45) is 7.05 Å². The highest BCUT2D eigenvalue weighted by atomic mass is 16.5. The van der Waals surface area contributed by atoms with Gasteiger partial charge in [-0.15, -0.1) is 0 Å². The van der Waals surface area contributed by atoms with Gasteiger partial charge in [-0.2, -0.15) is 5.10 Å². The number of aromatic nitrogens is 2. The number of ether oxygens (including phenoxy) is 1. The number of hydrogen-bond donors (Lipinski definition) is 1. The van der Waals surface area contributed by atoms with E-state index in [1.54, 1.807) is 26.3 Å². The molecule has 2 aromatic carbocycles. The Labute approximate surface area is 145 Å². The first kappa shape index (κ1) is 16.7. The molecule has 0 spiro atoms. The second-order valence-corrected chi connectivity index (χ2v) is 5.69. The summed E-state index contributed by atoms with van der Waals surface area (Å²) in [6, 6.07) is 14.7. The molecular formula is C19H19N3O3. The van der Waals surface area contributed by atoms with E-state index in [1.165, 1.54) is 4.68 Å². The Hall–Kier alpha value is -3.15. The number of amides is 1. The monoisotopic (exact) mass is 337 g/mol. The van der Waals surface area contributed by atoms with Crippen LogP contribution in [0.15, 0.2) is 53.3 Å². The zero-order chi connectivity index (χ0) is 17.8. The van der Waals surface area contributed by atoms with Crippen LogP contribution in [0.5, 0.6) is 5.75 Å². The number of aryl methyl sites for hydroxylation is 1. The minimum Gasteiger partial charge on any atom is -0.496 e. The molecule has 1 aromatic heterocycles. The summed E-state index contributed by atoms with van der Waals surface area (Å²) in [5.74, 6) is 0.565. The van der Waals surface area contributed by atoms with E-state index >= 15 is 0 Å². The van der Waals surface area contributed by atoms with Crippen molar-refractivity contribution in [2.45, 2.75) is 13.0 Å². The van der Waals surface area contributed by atoms with E-state index in [2.05, 4.69) is 10.4 Å². The molecule has 1 N–H and O–H groups in total. The number of rotatable bonds is 5. The average Bonchev–Trinajstić information content (AvgIpc) is 2.64. The van der Waals surface area contributed by atoms with Gasteiger partial charge in [-0.25, -0.2) is 4.68 Å².